The van der Waals surface area contributed by atoms with E-state index in [4.69, 9.17) is 21.1 Å². The van der Waals surface area contributed by atoms with Crippen molar-refractivity contribution >= 4 is 17.6 Å². The van der Waals surface area contributed by atoms with Crippen molar-refractivity contribution in [2.75, 3.05) is 19.8 Å². The summed E-state index contributed by atoms with van der Waals surface area (Å²) in [7, 11) is 0. The second-order valence-electron chi connectivity index (χ2n) is 10.3. The summed E-state index contributed by atoms with van der Waals surface area (Å²) >= 11 is 6.23. The van der Waals surface area contributed by atoms with Gasteiger partial charge in [0.2, 0.25) is 0 Å². The summed E-state index contributed by atoms with van der Waals surface area (Å²) in [5, 5.41) is 14.8. The first-order chi connectivity index (χ1) is 16.7. The van der Waals surface area contributed by atoms with Crippen LogP contribution in [0.2, 0.25) is 5.02 Å². The lowest BCUT2D eigenvalue weighted by Gasteiger charge is -2.31. The van der Waals surface area contributed by atoms with E-state index in [1.165, 1.54) is 11.1 Å². The Kier molecular flexibility index (Phi) is 10.2. The number of ether oxygens (including phenoxy) is 2. The van der Waals surface area contributed by atoms with Gasteiger partial charge in [-0.3, -0.25) is 4.79 Å². The third-order valence-corrected chi connectivity index (χ3v) is 6.97. The Balaban J connectivity index is 1.45. The van der Waals surface area contributed by atoms with Crippen molar-refractivity contribution < 1.29 is 19.4 Å². The Hall–Kier alpha value is -1.92. The van der Waals surface area contributed by atoms with Gasteiger partial charge < -0.3 is 19.9 Å². The number of carbonyl (C=O) groups is 1. The van der Waals surface area contributed by atoms with Crippen LogP contribution in [-0.2, 0) is 33.5 Å². The summed E-state index contributed by atoms with van der Waals surface area (Å²) in [6.45, 7) is 9.20. The Labute approximate surface area is 215 Å². The quantitative estimate of drug-likeness (QED) is 0.357. The molecule has 2 atom stereocenters. The lowest BCUT2D eigenvalue weighted by Crippen LogP contribution is -2.45. The average Bonchev–Trinajstić information content (AvgIpc) is 3.22. The smallest absolute Gasteiger partial charge is 0.306 e. The van der Waals surface area contributed by atoms with Gasteiger partial charge in [-0.1, -0.05) is 41.9 Å². The van der Waals surface area contributed by atoms with Crippen molar-refractivity contribution in [3.63, 3.8) is 0 Å². The molecule has 0 saturated heterocycles. The predicted molar refractivity (Wildman–Crippen MR) is 141 cm³/mol. The fraction of sp³-hybridized carbons (Fsp3) is 0.552. The highest BCUT2D eigenvalue weighted by molar-refractivity contribution is 6.30. The summed E-state index contributed by atoms with van der Waals surface area (Å²) in [6, 6.07) is 14.3. The van der Waals surface area contributed by atoms with Crippen LogP contribution in [0.15, 0.2) is 42.5 Å². The molecule has 3 rings (SSSR count). The molecular weight excluding hydrogens is 462 g/mol. The number of benzene rings is 2. The zero-order valence-corrected chi connectivity index (χ0v) is 22.2. The summed E-state index contributed by atoms with van der Waals surface area (Å²) in [4.78, 5) is 11.8. The van der Waals surface area contributed by atoms with Gasteiger partial charge in [0, 0.05) is 23.5 Å². The fourth-order valence-electron chi connectivity index (χ4n) is 5.03. The van der Waals surface area contributed by atoms with Gasteiger partial charge in [0.25, 0.3) is 0 Å². The van der Waals surface area contributed by atoms with E-state index < -0.39 is 6.10 Å². The minimum atomic E-state index is -0.625. The molecule has 192 valence electrons. The molecule has 0 radical (unpaired) electrons. The van der Waals surface area contributed by atoms with E-state index in [0.29, 0.717) is 36.9 Å². The maximum absolute atomic E-state index is 11.8. The molecule has 35 heavy (non-hydrogen) atoms. The highest BCUT2D eigenvalue weighted by atomic mass is 35.5. The molecule has 0 saturated carbocycles. The Morgan fingerprint density at radius 3 is 2.54 bits per heavy atom. The highest BCUT2D eigenvalue weighted by Crippen LogP contribution is 2.32. The van der Waals surface area contributed by atoms with Crippen molar-refractivity contribution in [3.05, 3.63) is 69.7 Å². The van der Waals surface area contributed by atoms with Crippen LogP contribution in [0.1, 0.15) is 68.9 Å². The number of rotatable bonds is 13. The van der Waals surface area contributed by atoms with E-state index in [0.717, 1.165) is 30.4 Å². The molecule has 0 bridgehead atoms. The molecule has 0 amide bonds. The molecule has 5 nitrogen and oxygen atoms in total. The Bertz CT molecular complexity index is 952. The van der Waals surface area contributed by atoms with E-state index in [1.807, 2.05) is 25.1 Å². The lowest BCUT2D eigenvalue weighted by atomic mass is 9.88. The van der Waals surface area contributed by atoms with Crippen LogP contribution in [0.5, 0.6) is 0 Å². The largest absolute Gasteiger partial charge is 0.466 e. The first-order valence-corrected chi connectivity index (χ1v) is 13.1. The van der Waals surface area contributed by atoms with Crippen LogP contribution in [0.3, 0.4) is 0 Å². The van der Waals surface area contributed by atoms with Crippen molar-refractivity contribution in [1.29, 1.82) is 0 Å². The number of aryl methyl sites for hydroxylation is 1. The molecule has 0 spiro atoms. The monoisotopic (exact) mass is 501 g/mol. The second kappa shape index (κ2) is 12.9. The summed E-state index contributed by atoms with van der Waals surface area (Å²) in [6.07, 6.45) is 3.29. The average molecular weight is 502 g/mol. The van der Waals surface area contributed by atoms with E-state index >= 15 is 0 Å². The molecular formula is C29H40ClNO4. The van der Waals surface area contributed by atoms with Crippen LogP contribution in [-0.4, -0.2) is 42.5 Å². The summed E-state index contributed by atoms with van der Waals surface area (Å²) in [5.41, 5.74) is 4.80. The molecule has 1 aliphatic rings. The number of β-amino-alcohol motifs (C(OH)–C–C–N with tert-alkyl or cyclic N) is 1. The zero-order chi connectivity index (χ0) is 25.4. The van der Waals surface area contributed by atoms with Crippen molar-refractivity contribution in [2.24, 2.45) is 5.92 Å². The predicted octanol–water partition coefficient (Wildman–Crippen LogP) is 5.45. The molecule has 0 aromatic heterocycles. The number of hydrogen-bond donors (Lipinski definition) is 2. The first kappa shape index (κ1) is 27.7. The maximum atomic E-state index is 11.8. The van der Waals surface area contributed by atoms with Gasteiger partial charge in [-0.2, -0.15) is 0 Å². The molecule has 2 aromatic carbocycles. The fourth-order valence-corrected chi connectivity index (χ4v) is 5.21. The number of hydrogen-bond acceptors (Lipinski definition) is 5. The van der Waals surface area contributed by atoms with Crippen LogP contribution < -0.4 is 5.32 Å². The standard InChI is InChI=1S/C29H40ClNO4/c1-5-34-28(33)13-11-22-10-12-25(30)16-27(22)20(2)35-19-26(32)18-31-29(3,4)17-21-14-23-8-6-7-9-24(23)15-21/h6-10,12,16,20-21,26,31-32H,5,11,13-15,17-19H2,1-4H3/t20-,26-/m1/s1. The van der Waals surface area contributed by atoms with E-state index in [9.17, 15) is 9.90 Å². The topological polar surface area (TPSA) is 67.8 Å². The Morgan fingerprint density at radius 1 is 1.20 bits per heavy atom. The zero-order valence-electron chi connectivity index (χ0n) is 21.5. The number of aliphatic hydroxyl groups is 1. The second-order valence-corrected chi connectivity index (χ2v) is 10.7. The third-order valence-electron chi connectivity index (χ3n) is 6.74. The number of aliphatic hydroxyl groups excluding tert-OH is 1. The van der Waals surface area contributed by atoms with Crippen LogP contribution in [0.4, 0.5) is 0 Å². The number of fused-ring (bicyclic) bond motifs is 1. The Morgan fingerprint density at radius 2 is 1.89 bits per heavy atom. The lowest BCUT2D eigenvalue weighted by molar-refractivity contribution is -0.143. The number of carbonyl (C=O) groups excluding carboxylic acids is 1. The summed E-state index contributed by atoms with van der Waals surface area (Å²) < 4.78 is 11.1. The van der Waals surface area contributed by atoms with Crippen molar-refractivity contribution in [2.45, 2.75) is 77.5 Å². The molecule has 0 heterocycles. The first-order valence-electron chi connectivity index (χ1n) is 12.7. The number of esters is 1. The van der Waals surface area contributed by atoms with E-state index in [1.54, 1.807) is 6.92 Å². The highest BCUT2D eigenvalue weighted by Gasteiger charge is 2.28. The SMILES string of the molecule is CCOC(=O)CCc1ccc(Cl)cc1[C@@H](C)OC[C@H](O)CNC(C)(C)CC1Cc2ccccc2C1. The van der Waals surface area contributed by atoms with Gasteiger partial charge in [-0.05, 0) is 93.7 Å². The molecule has 2 aromatic rings. The minimum absolute atomic E-state index is 0.0769. The normalized spacial score (nSPS) is 15.6. The van der Waals surface area contributed by atoms with Gasteiger partial charge in [0.1, 0.15) is 0 Å². The molecule has 0 aliphatic heterocycles. The van der Waals surface area contributed by atoms with E-state index in [-0.39, 0.29) is 24.2 Å². The van der Waals surface area contributed by atoms with Crippen molar-refractivity contribution in [1.82, 2.24) is 5.32 Å². The van der Waals surface area contributed by atoms with Gasteiger partial charge in [0.05, 0.1) is 25.4 Å². The van der Waals surface area contributed by atoms with Crippen molar-refractivity contribution in [3.8, 4) is 0 Å². The van der Waals surface area contributed by atoms with E-state index in [2.05, 4.69) is 43.4 Å². The van der Waals surface area contributed by atoms with Crippen LogP contribution >= 0.6 is 11.6 Å². The van der Waals surface area contributed by atoms with Crippen LogP contribution in [0, 0.1) is 5.92 Å². The third kappa shape index (κ3) is 8.60. The number of halogens is 1. The van der Waals surface area contributed by atoms with Gasteiger partial charge in [0.15, 0.2) is 0 Å². The minimum Gasteiger partial charge on any atom is -0.466 e. The number of nitrogens with one attached hydrogen (secondary N) is 1. The maximum Gasteiger partial charge on any atom is 0.306 e. The molecule has 0 fully saturated rings. The van der Waals surface area contributed by atoms with Gasteiger partial charge in [-0.15, -0.1) is 0 Å². The molecule has 1 aliphatic carbocycles. The van der Waals surface area contributed by atoms with Gasteiger partial charge in [-0.25, -0.2) is 0 Å². The molecule has 6 heteroatoms. The molecule has 0 unspecified atom stereocenters. The molecule has 2 N–H and O–H groups in total. The summed E-state index contributed by atoms with van der Waals surface area (Å²) in [5.74, 6) is 0.409. The van der Waals surface area contributed by atoms with Gasteiger partial charge >= 0.3 is 5.97 Å². The van der Waals surface area contributed by atoms with Crippen LogP contribution in [0.25, 0.3) is 0 Å².